The van der Waals surface area contributed by atoms with Gasteiger partial charge in [-0.05, 0) is 23.8 Å². The number of para-hydroxylation sites is 1. The van der Waals surface area contributed by atoms with E-state index in [1.165, 1.54) is 24.3 Å². The fourth-order valence-electron chi connectivity index (χ4n) is 3.39. The lowest BCUT2D eigenvalue weighted by Gasteiger charge is -2.13. The minimum absolute atomic E-state index is 0.0108. The van der Waals surface area contributed by atoms with Crippen LogP contribution in [0.1, 0.15) is 33.2 Å². The first-order valence-corrected chi connectivity index (χ1v) is 7.53. The number of nitro groups is 1. The average Bonchev–Trinajstić information content (AvgIpc) is 3.11. The van der Waals surface area contributed by atoms with Crippen molar-refractivity contribution in [2.24, 2.45) is 0 Å². The highest BCUT2D eigenvalue weighted by Crippen LogP contribution is 2.40. The molecule has 0 aliphatic carbocycles. The number of benzene rings is 2. The van der Waals surface area contributed by atoms with Crippen LogP contribution < -0.4 is 5.32 Å². The number of hydrogen-bond acceptors (Lipinski definition) is 5. The van der Waals surface area contributed by atoms with Crippen molar-refractivity contribution in [3.63, 3.8) is 0 Å². The quantitative estimate of drug-likeness (QED) is 0.429. The van der Waals surface area contributed by atoms with E-state index in [4.69, 9.17) is 0 Å². The van der Waals surface area contributed by atoms with E-state index in [1.807, 2.05) is 0 Å². The van der Waals surface area contributed by atoms with Gasteiger partial charge in [0.05, 0.1) is 17.6 Å². The molecule has 0 fully saturated rings. The highest BCUT2D eigenvalue weighted by atomic mass is 16.6. The number of aromatic hydroxyl groups is 1. The summed E-state index contributed by atoms with van der Waals surface area (Å²) < 4.78 is 0. The van der Waals surface area contributed by atoms with Gasteiger partial charge in [0.1, 0.15) is 11.3 Å². The van der Waals surface area contributed by atoms with Crippen LogP contribution in [0.25, 0.3) is 10.9 Å². The van der Waals surface area contributed by atoms with Crippen molar-refractivity contribution in [2.45, 2.75) is 12.6 Å². The van der Waals surface area contributed by atoms with Gasteiger partial charge in [0.15, 0.2) is 0 Å². The lowest BCUT2D eigenvalue weighted by molar-refractivity contribution is -0.383. The number of carbonyl (C=O) groups excluding carboxylic acids is 1. The van der Waals surface area contributed by atoms with E-state index in [1.54, 1.807) is 12.1 Å². The molecule has 1 atom stereocenters. The summed E-state index contributed by atoms with van der Waals surface area (Å²) in [6.45, 7) is -0.373. The Morgan fingerprint density at radius 3 is 2.76 bits per heavy atom. The molecular formula is C17H13N3O5. The first-order valence-electron chi connectivity index (χ1n) is 7.53. The molecule has 8 heteroatoms. The number of aliphatic hydroxyl groups excluding tert-OH is 1. The second-order valence-corrected chi connectivity index (χ2v) is 5.81. The third-order valence-corrected chi connectivity index (χ3v) is 4.44. The van der Waals surface area contributed by atoms with Crippen LogP contribution in [0.15, 0.2) is 36.4 Å². The second kappa shape index (κ2) is 5.32. The Labute approximate surface area is 140 Å². The Morgan fingerprint density at radius 1 is 1.24 bits per heavy atom. The van der Waals surface area contributed by atoms with Crippen LogP contribution >= 0.6 is 0 Å². The van der Waals surface area contributed by atoms with Crippen LogP contribution in [0.4, 0.5) is 5.69 Å². The molecule has 0 bridgehead atoms. The first kappa shape index (κ1) is 15.2. The number of hydrogen-bond donors (Lipinski definition) is 4. The van der Waals surface area contributed by atoms with Crippen LogP contribution in [0.2, 0.25) is 0 Å². The van der Waals surface area contributed by atoms with E-state index in [2.05, 4.69) is 10.3 Å². The predicted octanol–water partition coefficient (Wildman–Crippen LogP) is 2.11. The second-order valence-electron chi connectivity index (χ2n) is 5.81. The molecule has 1 aliphatic heterocycles. The summed E-state index contributed by atoms with van der Waals surface area (Å²) in [7, 11) is 0. The number of rotatable bonds is 3. The van der Waals surface area contributed by atoms with Gasteiger partial charge >= 0.3 is 0 Å². The van der Waals surface area contributed by atoms with Gasteiger partial charge in [-0.25, -0.2) is 0 Å². The van der Waals surface area contributed by atoms with Gasteiger partial charge < -0.3 is 20.5 Å². The average molecular weight is 339 g/mol. The minimum atomic E-state index is -0.618. The number of carbonyl (C=O) groups is 1. The Morgan fingerprint density at radius 2 is 2.04 bits per heavy atom. The summed E-state index contributed by atoms with van der Waals surface area (Å²) in [5, 5.41) is 34.1. The number of amides is 1. The Kier molecular flexibility index (Phi) is 3.22. The van der Waals surface area contributed by atoms with Gasteiger partial charge in [-0.2, -0.15) is 0 Å². The summed E-state index contributed by atoms with van der Waals surface area (Å²) in [6.07, 6.45) is 0. The predicted molar refractivity (Wildman–Crippen MR) is 88.3 cm³/mol. The molecule has 126 valence electrons. The molecule has 2 aromatic carbocycles. The van der Waals surface area contributed by atoms with Crippen molar-refractivity contribution < 1.29 is 19.9 Å². The number of aromatic amines is 1. The number of fused-ring (bicyclic) bond motifs is 2. The number of phenolic OH excluding ortho intramolecular Hbond substituents is 1. The van der Waals surface area contributed by atoms with Gasteiger partial charge in [-0.3, -0.25) is 14.9 Å². The molecule has 25 heavy (non-hydrogen) atoms. The number of aliphatic hydroxyl groups is 1. The SMILES string of the molecule is O=C1NC(c2c(CO)[nH]c3c([N+](=O)[O-])cccc23)c2cc(O)ccc21. The molecule has 4 rings (SSSR count). The lowest BCUT2D eigenvalue weighted by atomic mass is 9.95. The molecule has 2 heterocycles. The van der Waals surface area contributed by atoms with Gasteiger partial charge in [-0.15, -0.1) is 0 Å². The first-order chi connectivity index (χ1) is 12.0. The van der Waals surface area contributed by atoms with E-state index in [-0.39, 0.29) is 29.5 Å². The van der Waals surface area contributed by atoms with E-state index < -0.39 is 11.0 Å². The van der Waals surface area contributed by atoms with Gasteiger partial charge in [0.2, 0.25) is 0 Å². The molecule has 0 saturated heterocycles. The minimum Gasteiger partial charge on any atom is -0.508 e. The van der Waals surface area contributed by atoms with Crippen molar-refractivity contribution >= 4 is 22.5 Å². The fourth-order valence-corrected chi connectivity index (χ4v) is 3.39. The topological polar surface area (TPSA) is 128 Å². The van der Waals surface area contributed by atoms with Crippen LogP contribution in [-0.2, 0) is 6.61 Å². The number of nitro benzene ring substituents is 1. The number of nitrogens with one attached hydrogen (secondary N) is 2. The maximum Gasteiger partial charge on any atom is 0.293 e. The molecular weight excluding hydrogens is 326 g/mol. The number of H-pyrrole nitrogens is 1. The van der Waals surface area contributed by atoms with E-state index >= 15 is 0 Å². The standard InChI is InChI=1S/C17H13N3O5/c21-7-12-14(10-2-1-3-13(20(24)25)15(10)18-12)16-11-6-8(22)4-5-9(11)17(23)19-16/h1-6,16,18,21-22H,7H2,(H,19,23). The van der Waals surface area contributed by atoms with Crippen LogP contribution in [0.3, 0.4) is 0 Å². The summed E-state index contributed by atoms with van der Waals surface area (Å²) >= 11 is 0. The van der Waals surface area contributed by atoms with Gasteiger partial charge in [0.25, 0.3) is 11.6 Å². The lowest BCUT2D eigenvalue weighted by Crippen LogP contribution is -2.20. The largest absolute Gasteiger partial charge is 0.508 e. The number of nitrogens with zero attached hydrogens (tertiary/aromatic N) is 1. The van der Waals surface area contributed by atoms with Crippen molar-refractivity contribution in [1.29, 1.82) is 0 Å². The van der Waals surface area contributed by atoms with E-state index in [0.29, 0.717) is 27.8 Å². The molecule has 4 N–H and O–H groups in total. The van der Waals surface area contributed by atoms with Gasteiger partial charge in [0, 0.05) is 28.3 Å². The molecule has 1 aromatic heterocycles. The molecule has 1 unspecified atom stereocenters. The molecule has 0 spiro atoms. The normalized spacial score (nSPS) is 16.0. The number of non-ortho nitro benzene ring substituents is 1. The molecule has 1 aliphatic rings. The van der Waals surface area contributed by atoms with Crippen LogP contribution in [-0.4, -0.2) is 26.0 Å². The summed E-state index contributed by atoms with van der Waals surface area (Å²) in [6, 6.07) is 8.43. The molecule has 0 radical (unpaired) electrons. The van der Waals surface area contributed by atoms with Crippen LogP contribution in [0.5, 0.6) is 5.75 Å². The Bertz CT molecular complexity index is 1040. The molecule has 1 amide bonds. The third-order valence-electron chi connectivity index (χ3n) is 4.44. The zero-order chi connectivity index (χ0) is 17.7. The molecule has 8 nitrogen and oxygen atoms in total. The van der Waals surface area contributed by atoms with Gasteiger partial charge in [-0.1, -0.05) is 12.1 Å². The Balaban J connectivity index is 2.00. The number of phenols is 1. The maximum absolute atomic E-state index is 12.2. The summed E-state index contributed by atoms with van der Waals surface area (Å²) in [4.78, 5) is 25.9. The third kappa shape index (κ3) is 2.15. The van der Waals surface area contributed by atoms with Crippen molar-refractivity contribution in [2.75, 3.05) is 0 Å². The molecule has 0 saturated carbocycles. The Hall–Kier alpha value is -3.39. The highest BCUT2D eigenvalue weighted by Gasteiger charge is 2.34. The summed E-state index contributed by atoms with van der Waals surface area (Å²) in [5.41, 5.74) is 2.09. The van der Waals surface area contributed by atoms with Crippen LogP contribution in [0, 0.1) is 10.1 Å². The van der Waals surface area contributed by atoms with Crippen molar-refractivity contribution in [3.05, 3.63) is 68.9 Å². The maximum atomic E-state index is 12.2. The monoisotopic (exact) mass is 339 g/mol. The van der Waals surface area contributed by atoms with Crippen molar-refractivity contribution in [1.82, 2.24) is 10.3 Å². The fraction of sp³-hybridized carbons (Fsp3) is 0.118. The smallest absolute Gasteiger partial charge is 0.293 e. The highest BCUT2D eigenvalue weighted by molar-refractivity contribution is 6.01. The van der Waals surface area contributed by atoms with E-state index in [0.717, 1.165) is 0 Å². The zero-order valence-corrected chi connectivity index (χ0v) is 12.8. The molecule has 3 aromatic rings. The van der Waals surface area contributed by atoms with Crippen molar-refractivity contribution in [3.8, 4) is 5.75 Å². The summed E-state index contributed by atoms with van der Waals surface area (Å²) in [5.74, 6) is -0.291. The zero-order valence-electron chi connectivity index (χ0n) is 12.8. The van der Waals surface area contributed by atoms with E-state index in [9.17, 15) is 25.1 Å². The number of aromatic nitrogens is 1.